The van der Waals surface area contributed by atoms with E-state index in [1.54, 1.807) is 13.3 Å². The summed E-state index contributed by atoms with van der Waals surface area (Å²) in [7, 11) is 1.68. The zero-order chi connectivity index (χ0) is 14.1. The van der Waals surface area contributed by atoms with Gasteiger partial charge in [0.15, 0.2) is 0 Å². The van der Waals surface area contributed by atoms with E-state index in [0.717, 1.165) is 37.1 Å². The minimum atomic E-state index is 0.000440. The summed E-state index contributed by atoms with van der Waals surface area (Å²) in [5.41, 5.74) is 6.62. The number of hydrogen-bond acceptors (Lipinski definition) is 6. The number of aromatic nitrogens is 2. The standard InChI is InChI=1S/C13H24N4O2/c1-3-5-11(9-18)16-12-10(6-4-7-19-2)8-15-13(14)17-12/h8,11,18H,3-7,9H2,1-2H3,(H3,14,15,16,17). The van der Waals surface area contributed by atoms with Crippen molar-refractivity contribution in [3.05, 3.63) is 11.8 Å². The minimum absolute atomic E-state index is 0.000440. The summed E-state index contributed by atoms with van der Waals surface area (Å²) >= 11 is 0. The lowest BCUT2D eigenvalue weighted by Crippen LogP contribution is -2.25. The molecule has 0 bridgehead atoms. The Morgan fingerprint density at radius 1 is 1.53 bits per heavy atom. The van der Waals surface area contributed by atoms with E-state index in [2.05, 4.69) is 22.2 Å². The van der Waals surface area contributed by atoms with E-state index in [1.807, 2.05) is 0 Å². The lowest BCUT2D eigenvalue weighted by molar-refractivity contribution is 0.195. The number of aliphatic hydroxyl groups excluding tert-OH is 1. The van der Waals surface area contributed by atoms with Gasteiger partial charge in [0.1, 0.15) is 5.82 Å². The molecule has 1 heterocycles. The number of aliphatic hydroxyl groups is 1. The fraction of sp³-hybridized carbons (Fsp3) is 0.692. The van der Waals surface area contributed by atoms with E-state index in [4.69, 9.17) is 10.5 Å². The van der Waals surface area contributed by atoms with Crippen LogP contribution in [0.1, 0.15) is 31.7 Å². The predicted octanol–water partition coefficient (Wildman–Crippen LogP) is 1.21. The lowest BCUT2D eigenvalue weighted by atomic mass is 10.1. The largest absolute Gasteiger partial charge is 0.394 e. The molecule has 0 saturated heterocycles. The van der Waals surface area contributed by atoms with E-state index in [9.17, 15) is 5.11 Å². The summed E-state index contributed by atoms with van der Waals surface area (Å²) in [5.74, 6) is 0.960. The Bertz CT molecular complexity index is 374. The van der Waals surface area contributed by atoms with E-state index in [-0.39, 0.29) is 18.6 Å². The van der Waals surface area contributed by atoms with Gasteiger partial charge in [-0.15, -0.1) is 0 Å². The van der Waals surface area contributed by atoms with Gasteiger partial charge in [-0.1, -0.05) is 13.3 Å². The van der Waals surface area contributed by atoms with Gasteiger partial charge in [0.2, 0.25) is 5.95 Å². The van der Waals surface area contributed by atoms with E-state index < -0.39 is 0 Å². The fourth-order valence-corrected chi connectivity index (χ4v) is 1.89. The second-order valence-corrected chi connectivity index (χ2v) is 4.51. The number of anilines is 2. The number of rotatable bonds is 9. The highest BCUT2D eigenvalue weighted by Crippen LogP contribution is 2.17. The molecule has 0 aliphatic carbocycles. The average Bonchev–Trinajstić information content (AvgIpc) is 2.41. The van der Waals surface area contributed by atoms with Crippen molar-refractivity contribution in [2.75, 3.05) is 31.4 Å². The van der Waals surface area contributed by atoms with Crippen LogP contribution in [0.3, 0.4) is 0 Å². The molecule has 1 unspecified atom stereocenters. The molecule has 0 amide bonds. The molecule has 0 saturated carbocycles. The van der Waals surface area contributed by atoms with Gasteiger partial charge < -0.3 is 20.9 Å². The predicted molar refractivity (Wildman–Crippen MR) is 76.0 cm³/mol. The van der Waals surface area contributed by atoms with Crippen molar-refractivity contribution in [1.29, 1.82) is 0 Å². The molecule has 0 aromatic carbocycles. The maximum absolute atomic E-state index is 9.34. The fourth-order valence-electron chi connectivity index (χ4n) is 1.89. The molecule has 1 rings (SSSR count). The van der Waals surface area contributed by atoms with Gasteiger partial charge in [0.05, 0.1) is 12.6 Å². The third kappa shape index (κ3) is 5.40. The smallest absolute Gasteiger partial charge is 0.221 e. The van der Waals surface area contributed by atoms with Crippen molar-refractivity contribution >= 4 is 11.8 Å². The molecule has 1 aromatic heterocycles. The Balaban J connectivity index is 2.74. The van der Waals surface area contributed by atoms with Crippen LogP contribution in [0.5, 0.6) is 0 Å². The van der Waals surface area contributed by atoms with Crippen molar-refractivity contribution in [3.8, 4) is 0 Å². The van der Waals surface area contributed by atoms with Gasteiger partial charge in [0, 0.05) is 25.5 Å². The van der Waals surface area contributed by atoms with Crippen LogP contribution in [-0.4, -0.2) is 41.4 Å². The number of aryl methyl sites for hydroxylation is 1. The Morgan fingerprint density at radius 2 is 2.32 bits per heavy atom. The maximum atomic E-state index is 9.34. The topological polar surface area (TPSA) is 93.3 Å². The minimum Gasteiger partial charge on any atom is -0.394 e. The number of nitrogens with zero attached hydrogens (tertiary/aromatic N) is 2. The van der Waals surface area contributed by atoms with Gasteiger partial charge in [-0.05, 0) is 19.3 Å². The highest BCUT2D eigenvalue weighted by Gasteiger charge is 2.11. The van der Waals surface area contributed by atoms with Gasteiger partial charge in [0.25, 0.3) is 0 Å². The van der Waals surface area contributed by atoms with Crippen LogP contribution in [0.15, 0.2) is 6.20 Å². The van der Waals surface area contributed by atoms with Crippen LogP contribution in [0.25, 0.3) is 0 Å². The lowest BCUT2D eigenvalue weighted by Gasteiger charge is -2.18. The SMILES string of the molecule is CCCC(CO)Nc1nc(N)ncc1CCCOC. The summed E-state index contributed by atoms with van der Waals surface area (Å²) in [4.78, 5) is 8.25. The normalized spacial score (nSPS) is 12.4. The van der Waals surface area contributed by atoms with Gasteiger partial charge in [-0.25, -0.2) is 4.98 Å². The molecular weight excluding hydrogens is 244 g/mol. The van der Waals surface area contributed by atoms with E-state index in [1.165, 1.54) is 0 Å². The van der Waals surface area contributed by atoms with Crippen molar-refractivity contribution < 1.29 is 9.84 Å². The van der Waals surface area contributed by atoms with Crippen molar-refractivity contribution in [1.82, 2.24) is 9.97 Å². The first-order chi connectivity index (χ1) is 9.21. The number of nitrogen functional groups attached to an aromatic ring is 1. The summed E-state index contributed by atoms with van der Waals surface area (Å²) < 4.78 is 5.04. The van der Waals surface area contributed by atoms with E-state index in [0.29, 0.717) is 6.61 Å². The summed E-state index contributed by atoms with van der Waals surface area (Å²) in [6, 6.07) is 0.000440. The first-order valence-electron chi connectivity index (χ1n) is 6.69. The Kier molecular flexibility index (Phi) is 7.14. The molecule has 0 aliphatic heterocycles. The van der Waals surface area contributed by atoms with Crippen LogP contribution in [-0.2, 0) is 11.2 Å². The third-order valence-electron chi connectivity index (χ3n) is 2.88. The Morgan fingerprint density at radius 3 is 2.95 bits per heavy atom. The molecule has 6 heteroatoms. The monoisotopic (exact) mass is 268 g/mol. The quantitative estimate of drug-likeness (QED) is 0.583. The zero-order valence-corrected chi connectivity index (χ0v) is 11.7. The number of ether oxygens (including phenoxy) is 1. The van der Waals surface area contributed by atoms with Gasteiger partial charge >= 0.3 is 0 Å². The van der Waals surface area contributed by atoms with Crippen LogP contribution in [0.4, 0.5) is 11.8 Å². The first-order valence-corrected chi connectivity index (χ1v) is 6.69. The second kappa shape index (κ2) is 8.66. The molecular formula is C13H24N4O2. The summed E-state index contributed by atoms with van der Waals surface area (Å²) in [5, 5.41) is 12.6. The second-order valence-electron chi connectivity index (χ2n) is 4.51. The number of nitrogens with two attached hydrogens (primary N) is 1. The number of hydrogen-bond donors (Lipinski definition) is 3. The van der Waals surface area contributed by atoms with Gasteiger partial charge in [-0.2, -0.15) is 4.98 Å². The molecule has 0 spiro atoms. The van der Waals surface area contributed by atoms with Crippen molar-refractivity contribution in [2.24, 2.45) is 0 Å². The molecule has 0 aliphatic rings. The van der Waals surface area contributed by atoms with Crippen molar-refractivity contribution in [3.63, 3.8) is 0 Å². The first kappa shape index (κ1) is 15.7. The van der Waals surface area contributed by atoms with Crippen molar-refractivity contribution in [2.45, 2.75) is 38.6 Å². The molecule has 1 atom stereocenters. The van der Waals surface area contributed by atoms with Crippen LogP contribution in [0, 0.1) is 0 Å². The number of nitrogens with one attached hydrogen (secondary N) is 1. The molecule has 19 heavy (non-hydrogen) atoms. The third-order valence-corrected chi connectivity index (χ3v) is 2.88. The molecule has 6 nitrogen and oxygen atoms in total. The summed E-state index contributed by atoms with van der Waals surface area (Å²) in [6.07, 6.45) is 5.34. The zero-order valence-electron chi connectivity index (χ0n) is 11.7. The van der Waals surface area contributed by atoms with Gasteiger partial charge in [-0.3, -0.25) is 0 Å². The number of methoxy groups -OCH3 is 1. The van der Waals surface area contributed by atoms with E-state index >= 15 is 0 Å². The molecule has 0 fully saturated rings. The van der Waals surface area contributed by atoms with Crippen LogP contribution < -0.4 is 11.1 Å². The molecule has 4 N–H and O–H groups in total. The van der Waals surface area contributed by atoms with Crippen LogP contribution >= 0.6 is 0 Å². The average molecular weight is 268 g/mol. The maximum Gasteiger partial charge on any atom is 0.221 e. The Labute approximate surface area is 114 Å². The molecule has 0 radical (unpaired) electrons. The Hall–Kier alpha value is -1.40. The summed E-state index contributed by atoms with van der Waals surface area (Å²) in [6.45, 7) is 2.86. The molecule has 1 aromatic rings. The molecule has 108 valence electrons. The van der Waals surface area contributed by atoms with Crippen LogP contribution in [0.2, 0.25) is 0 Å². The highest BCUT2D eigenvalue weighted by molar-refractivity contribution is 5.46. The highest BCUT2D eigenvalue weighted by atomic mass is 16.5.